The third-order valence-electron chi connectivity index (χ3n) is 4.70. The third kappa shape index (κ3) is 4.51. The Morgan fingerprint density at radius 3 is 2.62 bits per heavy atom. The van der Waals surface area contributed by atoms with Crippen molar-refractivity contribution in [1.29, 1.82) is 0 Å². The van der Waals surface area contributed by atoms with Crippen molar-refractivity contribution in [1.82, 2.24) is 4.90 Å². The molecule has 26 heavy (non-hydrogen) atoms. The highest BCUT2D eigenvalue weighted by Gasteiger charge is 2.23. The van der Waals surface area contributed by atoms with Gasteiger partial charge in [-0.1, -0.05) is 30.3 Å². The lowest BCUT2D eigenvalue weighted by molar-refractivity contribution is -0.127. The van der Waals surface area contributed by atoms with Gasteiger partial charge in [0.2, 0.25) is 5.91 Å². The van der Waals surface area contributed by atoms with Crippen molar-refractivity contribution < 1.29 is 13.9 Å². The van der Waals surface area contributed by atoms with E-state index in [1.165, 1.54) is 23.8 Å². The molecule has 3 nitrogen and oxygen atoms in total. The van der Waals surface area contributed by atoms with Crippen molar-refractivity contribution in [3.63, 3.8) is 0 Å². The van der Waals surface area contributed by atoms with Crippen LogP contribution in [0.4, 0.5) is 4.39 Å². The average molecular weight is 353 g/mol. The molecule has 1 aliphatic heterocycles. The van der Waals surface area contributed by atoms with Gasteiger partial charge in [-0.05, 0) is 43.2 Å². The number of likely N-dealkylation sites (tertiary alicyclic amines) is 1. The number of ether oxygens (including phenoxy) is 1. The Bertz CT molecular complexity index is 808. The van der Waals surface area contributed by atoms with E-state index >= 15 is 0 Å². The predicted molar refractivity (Wildman–Crippen MR) is 102 cm³/mol. The zero-order valence-corrected chi connectivity index (χ0v) is 15.2. The molecular weight excluding hydrogens is 329 g/mol. The number of hydrogen-bond acceptors (Lipinski definition) is 2. The summed E-state index contributed by atoms with van der Waals surface area (Å²) in [6, 6.07) is 12.6. The van der Waals surface area contributed by atoms with Gasteiger partial charge in [-0.2, -0.15) is 0 Å². The van der Waals surface area contributed by atoms with Crippen molar-refractivity contribution in [3.05, 3.63) is 71.0 Å². The van der Waals surface area contributed by atoms with Gasteiger partial charge in [0, 0.05) is 37.6 Å². The Morgan fingerprint density at radius 1 is 1.15 bits per heavy atom. The molecular formula is C22H24FNO2. The van der Waals surface area contributed by atoms with Crippen LogP contribution in [0.15, 0.2) is 48.5 Å². The molecule has 0 saturated carbocycles. The smallest absolute Gasteiger partial charge is 0.246 e. The third-order valence-corrected chi connectivity index (χ3v) is 4.70. The number of halogens is 1. The fraction of sp³-hybridized carbons (Fsp3) is 0.318. The van der Waals surface area contributed by atoms with E-state index in [4.69, 9.17) is 4.74 Å². The zero-order valence-electron chi connectivity index (χ0n) is 15.2. The Hall–Kier alpha value is -2.62. The van der Waals surface area contributed by atoms with Crippen LogP contribution in [0.2, 0.25) is 0 Å². The van der Waals surface area contributed by atoms with E-state index < -0.39 is 0 Å². The molecule has 0 bridgehead atoms. The molecule has 3 rings (SSSR count). The molecule has 0 aromatic heterocycles. The highest BCUT2D eigenvalue weighted by atomic mass is 19.1. The van der Waals surface area contributed by atoms with Gasteiger partial charge in [-0.15, -0.1) is 0 Å². The molecule has 0 spiro atoms. The molecule has 1 fully saturated rings. The highest BCUT2D eigenvalue weighted by Crippen LogP contribution is 2.24. The second kappa shape index (κ2) is 8.17. The standard InChI is InChI=1S/C22H24FNO2/c1-16-7-8-17(2)21(15-16)26-19-11-13-24(14-12-19)22(25)10-9-18-5-3-4-6-20(18)23/h3-10,15,19H,11-14H2,1-2H3/b10-9+. The first kappa shape index (κ1) is 18.2. The fourth-order valence-electron chi connectivity index (χ4n) is 3.08. The quantitative estimate of drug-likeness (QED) is 0.756. The Balaban J connectivity index is 1.54. The number of carbonyl (C=O) groups excluding carboxylic acids is 1. The summed E-state index contributed by atoms with van der Waals surface area (Å²) in [6.45, 7) is 5.39. The number of piperidine rings is 1. The monoisotopic (exact) mass is 353 g/mol. The second-order valence-electron chi connectivity index (χ2n) is 6.77. The SMILES string of the molecule is Cc1ccc(C)c(OC2CCN(C(=O)/C=C/c3ccccc3F)CC2)c1. The number of hydrogen-bond donors (Lipinski definition) is 0. The lowest BCUT2D eigenvalue weighted by atomic mass is 10.1. The minimum Gasteiger partial charge on any atom is -0.490 e. The van der Waals surface area contributed by atoms with Gasteiger partial charge in [-0.25, -0.2) is 4.39 Å². The molecule has 1 saturated heterocycles. The van der Waals surface area contributed by atoms with Gasteiger partial charge >= 0.3 is 0 Å². The van der Waals surface area contributed by atoms with Crippen LogP contribution in [0.25, 0.3) is 6.08 Å². The van der Waals surface area contributed by atoms with E-state index in [2.05, 4.69) is 25.1 Å². The highest BCUT2D eigenvalue weighted by molar-refractivity contribution is 5.91. The minimum atomic E-state index is -0.322. The maximum Gasteiger partial charge on any atom is 0.246 e. The number of amides is 1. The summed E-state index contributed by atoms with van der Waals surface area (Å²) < 4.78 is 19.7. The van der Waals surface area contributed by atoms with Crippen LogP contribution in [-0.2, 0) is 4.79 Å². The van der Waals surface area contributed by atoms with Gasteiger partial charge in [0.05, 0.1) is 0 Å². The van der Waals surface area contributed by atoms with Crippen LogP contribution in [0.3, 0.4) is 0 Å². The first-order chi connectivity index (χ1) is 12.5. The summed E-state index contributed by atoms with van der Waals surface area (Å²) in [5.74, 6) is 0.518. The molecule has 2 aromatic rings. The molecule has 136 valence electrons. The van der Waals surface area contributed by atoms with Gasteiger partial charge < -0.3 is 9.64 Å². The zero-order chi connectivity index (χ0) is 18.5. The summed E-state index contributed by atoms with van der Waals surface area (Å²) in [6.07, 6.45) is 4.70. The number of benzene rings is 2. The molecule has 2 aromatic carbocycles. The molecule has 0 atom stereocenters. The number of aryl methyl sites for hydroxylation is 2. The van der Waals surface area contributed by atoms with Crippen molar-refractivity contribution in [3.8, 4) is 5.75 Å². The maximum atomic E-state index is 13.6. The normalized spacial score (nSPS) is 15.4. The largest absolute Gasteiger partial charge is 0.490 e. The van der Waals surface area contributed by atoms with E-state index in [1.54, 1.807) is 23.1 Å². The van der Waals surface area contributed by atoms with Gasteiger partial charge in [-0.3, -0.25) is 4.79 Å². The molecule has 0 aliphatic carbocycles. The van der Waals surface area contributed by atoms with Gasteiger partial charge in [0.25, 0.3) is 0 Å². The topological polar surface area (TPSA) is 29.5 Å². The molecule has 1 amide bonds. The van der Waals surface area contributed by atoms with Crippen molar-refractivity contribution in [2.24, 2.45) is 0 Å². The van der Waals surface area contributed by atoms with Crippen LogP contribution >= 0.6 is 0 Å². The number of carbonyl (C=O) groups is 1. The van der Waals surface area contributed by atoms with E-state index in [9.17, 15) is 9.18 Å². The summed E-state index contributed by atoms with van der Waals surface area (Å²) in [7, 11) is 0. The van der Waals surface area contributed by atoms with Crippen LogP contribution in [0, 0.1) is 19.7 Å². The van der Waals surface area contributed by atoms with Gasteiger partial charge in [0.15, 0.2) is 0 Å². The molecule has 4 heteroatoms. The van der Waals surface area contributed by atoms with E-state index in [0.29, 0.717) is 18.7 Å². The molecule has 0 N–H and O–H groups in total. The van der Waals surface area contributed by atoms with Crippen molar-refractivity contribution in [2.45, 2.75) is 32.8 Å². The Morgan fingerprint density at radius 2 is 1.88 bits per heavy atom. The maximum absolute atomic E-state index is 13.6. The predicted octanol–water partition coefficient (Wildman–Crippen LogP) is 4.53. The molecule has 1 heterocycles. The average Bonchev–Trinajstić information content (AvgIpc) is 2.64. The van der Waals surface area contributed by atoms with E-state index in [0.717, 1.165) is 24.2 Å². The van der Waals surface area contributed by atoms with Crippen molar-refractivity contribution in [2.75, 3.05) is 13.1 Å². The fourth-order valence-corrected chi connectivity index (χ4v) is 3.08. The van der Waals surface area contributed by atoms with Crippen LogP contribution in [-0.4, -0.2) is 30.0 Å². The minimum absolute atomic E-state index is 0.0848. The van der Waals surface area contributed by atoms with Crippen LogP contribution < -0.4 is 4.74 Å². The molecule has 0 radical (unpaired) electrons. The van der Waals surface area contributed by atoms with Gasteiger partial charge in [0.1, 0.15) is 17.7 Å². The van der Waals surface area contributed by atoms with Crippen molar-refractivity contribution >= 4 is 12.0 Å². The number of nitrogens with zero attached hydrogens (tertiary/aromatic N) is 1. The van der Waals surface area contributed by atoms with E-state index in [1.807, 2.05) is 6.92 Å². The first-order valence-corrected chi connectivity index (χ1v) is 8.98. The summed E-state index contributed by atoms with van der Waals surface area (Å²) in [5.41, 5.74) is 2.73. The van der Waals surface area contributed by atoms with E-state index in [-0.39, 0.29) is 17.8 Å². The first-order valence-electron chi connectivity index (χ1n) is 8.98. The summed E-state index contributed by atoms with van der Waals surface area (Å²) in [5, 5.41) is 0. The molecule has 1 aliphatic rings. The summed E-state index contributed by atoms with van der Waals surface area (Å²) in [4.78, 5) is 14.1. The molecule has 0 unspecified atom stereocenters. The van der Waals surface area contributed by atoms with Crippen LogP contribution in [0.1, 0.15) is 29.5 Å². The summed E-state index contributed by atoms with van der Waals surface area (Å²) >= 11 is 0. The van der Waals surface area contributed by atoms with Crippen LogP contribution in [0.5, 0.6) is 5.75 Å². The second-order valence-corrected chi connectivity index (χ2v) is 6.77. The number of rotatable bonds is 4. The Labute approximate surface area is 154 Å². The Kier molecular flexibility index (Phi) is 5.71. The lowest BCUT2D eigenvalue weighted by Gasteiger charge is -2.32. The lowest BCUT2D eigenvalue weighted by Crippen LogP contribution is -2.41.